The van der Waals surface area contributed by atoms with E-state index in [-0.39, 0.29) is 17.9 Å². The molecule has 0 spiro atoms. The molecule has 0 aromatic heterocycles. The Hall–Kier alpha value is -0.740. The average molecular weight is 335 g/mol. The SMILES string of the molecule is COC(=O)C(C)C(C)Nc1cc(Cl)c(C)cc1Br. The number of hydrogen-bond donors (Lipinski definition) is 1. The lowest BCUT2D eigenvalue weighted by molar-refractivity contribution is -0.145. The van der Waals surface area contributed by atoms with Crippen LogP contribution in [-0.2, 0) is 9.53 Å². The van der Waals surface area contributed by atoms with Gasteiger partial charge in [-0.1, -0.05) is 11.6 Å². The predicted molar refractivity (Wildman–Crippen MR) is 78.2 cm³/mol. The molecule has 0 amide bonds. The van der Waals surface area contributed by atoms with Gasteiger partial charge >= 0.3 is 5.97 Å². The van der Waals surface area contributed by atoms with Crippen LogP contribution in [0.15, 0.2) is 16.6 Å². The van der Waals surface area contributed by atoms with Crippen molar-refractivity contribution in [2.24, 2.45) is 5.92 Å². The van der Waals surface area contributed by atoms with E-state index in [0.717, 1.165) is 15.7 Å². The number of rotatable bonds is 4. The second kappa shape index (κ2) is 6.43. The highest BCUT2D eigenvalue weighted by Crippen LogP contribution is 2.30. The molecule has 1 N–H and O–H groups in total. The summed E-state index contributed by atoms with van der Waals surface area (Å²) < 4.78 is 5.65. The third-order valence-electron chi connectivity index (χ3n) is 2.95. The normalized spacial score (nSPS) is 13.9. The smallest absolute Gasteiger partial charge is 0.310 e. The fourth-order valence-electron chi connectivity index (χ4n) is 1.52. The van der Waals surface area contributed by atoms with Crippen molar-refractivity contribution in [3.63, 3.8) is 0 Å². The van der Waals surface area contributed by atoms with Crippen molar-refractivity contribution in [1.29, 1.82) is 0 Å². The van der Waals surface area contributed by atoms with E-state index in [2.05, 4.69) is 21.2 Å². The Morgan fingerprint density at radius 1 is 1.44 bits per heavy atom. The molecule has 0 heterocycles. The zero-order valence-corrected chi connectivity index (χ0v) is 13.2. The standard InChI is InChI=1S/C13H17BrClNO2/c1-7-5-10(14)12(6-11(7)15)16-9(3)8(2)13(17)18-4/h5-6,8-9,16H,1-4H3. The van der Waals surface area contributed by atoms with Crippen LogP contribution in [0.1, 0.15) is 19.4 Å². The fourth-order valence-corrected chi connectivity index (χ4v) is 2.25. The average Bonchev–Trinajstić information content (AvgIpc) is 2.33. The van der Waals surface area contributed by atoms with Crippen molar-refractivity contribution >= 4 is 39.2 Å². The Balaban J connectivity index is 2.85. The van der Waals surface area contributed by atoms with Crippen LogP contribution < -0.4 is 5.32 Å². The molecule has 18 heavy (non-hydrogen) atoms. The summed E-state index contributed by atoms with van der Waals surface area (Å²) in [5.41, 5.74) is 1.87. The fraction of sp³-hybridized carbons (Fsp3) is 0.462. The number of esters is 1. The Morgan fingerprint density at radius 2 is 2.06 bits per heavy atom. The van der Waals surface area contributed by atoms with Gasteiger partial charge in [0.05, 0.1) is 18.7 Å². The molecule has 1 rings (SSSR count). The number of nitrogens with one attached hydrogen (secondary N) is 1. The Morgan fingerprint density at radius 3 is 2.61 bits per heavy atom. The highest BCUT2D eigenvalue weighted by molar-refractivity contribution is 9.10. The lowest BCUT2D eigenvalue weighted by atomic mass is 10.0. The topological polar surface area (TPSA) is 38.3 Å². The van der Waals surface area contributed by atoms with E-state index >= 15 is 0 Å². The summed E-state index contributed by atoms with van der Waals surface area (Å²) in [6.07, 6.45) is 0. The van der Waals surface area contributed by atoms with Gasteiger partial charge in [-0.25, -0.2) is 0 Å². The van der Waals surface area contributed by atoms with Gasteiger partial charge in [0.1, 0.15) is 0 Å². The molecule has 0 aliphatic rings. The number of hydrogen-bond acceptors (Lipinski definition) is 3. The number of aryl methyl sites for hydroxylation is 1. The molecule has 0 bridgehead atoms. The van der Waals surface area contributed by atoms with Crippen molar-refractivity contribution < 1.29 is 9.53 Å². The minimum absolute atomic E-state index is 0.0486. The monoisotopic (exact) mass is 333 g/mol. The third kappa shape index (κ3) is 3.62. The van der Waals surface area contributed by atoms with Gasteiger partial charge in [-0.15, -0.1) is 0 Å². The van der Waals surface area contributed by atoms with Crippen LogP contribution in [0.5, 0.6) is 0 Å². The van der Waals surface area contributed by atoms with E-state index in [4.69, 9.17) is 16.3 Å². The van der Waals surface area contributed by atoms with Gasteiger partial charge < -0.3 is 10.1 Å². The van der Waals surface area contributed by atoms with Crippen LogP contribution in [0.4, 0.5) is 5.69 Å². The first-order chi connectivity index (χ1) is 8.36. The molecule has 100 valence electrons. The lowest BCUT2D eigenvalue weighted by Gasteiger charge is -2.21. The van der Waals surface area contributed by atoms with Crippen molar-refractivity contribution in [1.82, 2.24) is 0 Å². The summed E-state index contributed by atoms with van der Waals surface area (Å²) in [5, 5.41) is 3.95. The maximum absolute atomic E-state index is 11.4. The quantitative estimate of drug-likeness (QED) is 0.845. The highest BCUT2D eigenvalue weighted by Gasteiger charge is 2.21. The number of halogens is 2. The van der Waals surface area contributed by atoms with Crippen LogP contribution >= 0.6 is 27.5 Å². The molecule has 3 nitrogen and oxygen atoms in total. The number of methoxy groups -OCH3 is 1. The molecule has 2 unspecified atom stereocenters. The molecule has 5 heteroatoms. The van der Waals surface area contributed by atoms with Crippen LogP contribution in [-0.4, -0.2) is 19.1 Å². The summed E-state index contributed by atoms with van der Waals surface area (Å²) in [5.74, 6) is -0.466. The van der Waals surface area contributed by atoms with Crippen molar-refractivity contribution in [2.75, 3.05) is 12.4 Å². The van der Waals surface area contributed by atoms with Crippen molar-refractivity contribution in [3.05, 3.63) is 27.2 Å². The molecule has 1 aromatic rings. The predicted octanol–water partition coefficient (Wildman–Crippen LogP) is 4.02. The largest absolute Gasteiger partial charge is 0.469 e. The lowest BCUT2D eigenvalue weighted by Crippen LogP contribution is -2.30. The zero-order valence-electron chi connectivity index (χ0n) is 10.9. The minimum atomic E-state index is -0.234. The van der Waals surface area contributed by atoms with Gasteiger partial charge in [0.15, 0.2) is 0 Å². The molecule has 0 saturated heterocycles. The summed E-state index contributed by atoms with van der Waals surface area (Å²) >= 11 is 9.56. The van der Waals surface area contributed by atoms with E-state index in [1.807, 2.05) is 32.9 Å². The van der Waals surface area contributed by atoms with E-state index in [9.17, 15) is 4.79 Å². The Kier molecular flexibility index (Phi) is 5.47. The van der Waals surface area contributed by atoms with Gasteiger partial charge in [-0.2, -0.15) is 0 Å². The van der Waals surface area contributed by atoms with Crippen LogP contribution in [0.2, 0.25) is 5.02 Å². The number of carbonyl (C=O) groups excluding carboxylic acids is 1. The highest BCUT2D eigenvalue weighted by atomic mass is 79.9. The molecule has 0 aliphatic carbocycles. The first-order valence-corrected chi connectivity index (χ1v) is 6.84. The maximum atomic E-state index is 11.4. The Labute approximate surface area is 121 Å². The minimum Gasteiger partial charge on any atom is -0.469 e. The number of benzene rings is 1. The van der Waals surface area contributed by atoms with Gasteiger partial charge in [-0.05, 0) is 54.4 Å². The third-order valence-corrected chi connectivity index (χ3v) is 4.02. The van der Waals surface area contributed by atoms with E-state index < -0.39 is 0 Å². The Bertz CT molecular complexity index is 451. The van der Waals surface area contributed by atoms with Crippen LogP contribution in [0.3, 0.4) is 0 Å². The summed E-state index contributed by atoms with van der Waals surface area (Å²) in [6.45, 7) is 5.70. The summed E-state index contributed by atoms with van der Waals surface area (Å²) in [4.78, 5) is 11.4. The number of ether oxygens (including phenoxy) is 1. The van der Waals surface area contributed by atoms with Crippen LogP contribution in [0.25, 0.3) is 0 Å². The first-order valence-electron chi connectivity index (χ1n) is 5.66. The second-order valence-electron chi connectivity index (χ2n) is 4.33. The summed E-state index contributed by atoms with van der Waals surface area (Å²) in [6, 6.07) is 3.74. The number of anilines is 1. The van der Waals surface area contributed by atoms with E-state index in [1.54, 1.807) is 0 Å². The zero-order chi connectivity index (χ0) is 13.9. The summed E-state index contributed by atoms with van der Waals surface area (Å²) in [7, 11) is 1.39. The van der Waals surface area contributed by atoms with E-state index in [1.165, 1.54) is 7.11 Å². The molecule has 2 atom stereocenters. The van der Waals surface area contributed by atoms with Gasteiger partial charge in [0, 0.05) is 15.5 Å². The second-order valence-corrected chi connectivity index (χ2v) is 5.59. The van der Waals surface area contributed by atoms with Gasteiger partial charge in [0.25, 0.3) is 0 Å². The maximum Gasteiger partial charge on any atom is 0.310 e. The van der Waals surface area contributed by atoms with Crippen molar-refractivity contribution in [3.8, 4) is 0 Å². The number of carbonyl (C=O) groups is 1. The molecule has 0 aliphatic heterocycles. The van der Waals surface area contributed by atoms with E-state index in [0.29, 0.717) is 5.02 Å². The van der Waals surface area contributed by atoms with Crippen LogP contribution in [0, 0.1) is 12.8 Å². The first kappa shape index (κ1) is 15.3. The molecule has 0 saturated carbocycles. The van der Waals surface area contributed by atoms with Crippen molar-refractivity contribution in [2.45, 2.75) is 26.8 Å². The van der Waals surface area contributed by atoms with Gasteiger partial charge in [0.2, 0.25) is 0 Å². The molecule has 1 aromatic carbocycles. The molecule has 0 fully saturated rings. The van der Waals surface area contributed by atoms with Gasteiger partial charge in [-0.3, -0.25) is 4.79 Å². The molecular formula is C13H17BrClNO2. The molecule has 0 radical (unpaired) electrons. The molecular weight excluding hydrogens is 318 g/mol.